The fourth-order valence-corrected chi connectivity index (χ4v) is 1.63. The van der Waals surface area contributed by atoms with Crippen LogP contribution >= 0.6 is 0 Å². The number of hydrogen-bond acceptors (Lipinski definition) is 4. The van der Waals surface area contributed by atoms with Gasteiger partial charge in [-0.1, -0.05) is 18.8 Å². The maximum absolute atomic E-state index is 12.0. The summed E-state index contributed by atoms with van der Waals surface area (Å²) in [5.41, 5.74) is -1.62. The van der Waals surface area contributed by atoms with Crippen molar-refractivity contribution in [1.82, 2.24) is 14.9 Å². The first-order chi connectivity index (χ1) is 10.7. The minimum absolute atomic E-state index is 0.138. The maximum Gasteiger partial charge on any atom is 0.471 e. The highest BCUT2D eigenvalue weighted by Gasteiger charge is 2.38. The predicted octanol–water partition coefficient (Wildman–Crippen LogP) is 0.122. The Morgan fingerprint density at radius 1 is 1.48 bits per heavy atom. The van der Waals surface area contributed by atoms with Crippen LogP contribution in [-0.4, -0.2) is 35.3 Å². The lowest BCUT2D eigenvalue weighted by atomic mass is 10.3. The fraction of sp³-hybridized carbons (Fsp3) is 0.462. The number of carbonyl (C=O) groups is 1. The molecule has 7 nitrogen and oxygen atoms in total. The molecule has 1 atom stereocenters. The predicted molar refractivity (Wildman–Crippen MR) is 73.6 cm³/mol. The lowest BCUT2D eigenvalue weighted by Crippen LogP contribution is -2.37. The van der Waals surface area contributed by atoms with Crippen molar-refractivity contribution in [3.05, 3.63) is 32.6 Å². The first kappa shape index (κ1) is 18.5. The number of ether oxygens (including phenoxy) is 1. The van der Waals surface area contributed by atoms with Gasteiger partial charge in [0.15, 0.2) is 0 Å². The molecule has 0 bridgehead atoms. The summed E-state index contributed by atoms with van der Waals surface area (Å²) in [5.74, 6) is 2.38. The molecule has 0 aliphatic carbocycles. The lowest BCUT2D eigenvalue weighted by Gasteiger charge is -2.15. The smallest absolute Gasteiger partial charge is 0.361 e. The van der Waals surface area contributed by atoms with Gasteiger partial charge in [0.1, 0.15) is 11.8 Å². The summed E-state index contributed by atoms with van der Waals surface area (Å²) in [6, 6.07) is 0. The number of hydrogen-bond donors (Lipinski definition) is 2. The standard InChI is InChI=1S/C13H14F3N3O4/c1-3-9(23-2)19-7-8(10(20)18-12(19)22)5-4-6-17-11(21)13(14,15)16/h7,9H,3,6H2,1-2H3,(H,17,21)(H,18,20,22). The van der Waals surface area contributed by atoms with Gasteiger partial charge < -0.3 is 10.1 Å². The second-order valence-electron chi connectivity index (χ2n) is 4.29. The quantitative estimate of drug-likeness (QED) is 0.766. The van der Waals surface area contributed by atoms with Crippen LogP contribution in [-0.2, 0) is 9.53 Å². The van der Waals surface area contributed by atoms with E-state index in [2.05, 4.69) is 11.8 Å². The fourth-order valence-electron chi connectivity index (χ4n) is 1.63. The van der Waals surface area contributed by atoms with Gasteiger partial charge >= 0.3 is 17.8 Å². The van der Waals surface area contributed by atoms with Gasteiger partial charge in [0.05, 0.1) is 6.54 Å². The second-order valence-corrected chi connectivity index (χ2v) is 4.29. The number of nitrogens with one attached hydrogen (secondary N) is 2. The Balaban J connectivity index is 2.96. The summed E-state index contributed by atoms with van der Waals surface area (Å²) in [5, 5.41) is 1.54. The molecule has 1 rings (SSSR count). The van der Waals surface area contributed by atoms with E-state index in [1.807, 2.05) is 4.98 Å². The Morgan fingerprint density at radius 3 is 2.65 bits per heavy atom. The lowest BCUT2D eigenvalue weighted by molar-refractivity contribution is -0.173. The molecule has 0 aliphatic rings. The molecule has 1 amide bonds. The molecule has 126 valence electrons. The minimum atomic E-state index is -5.00. The topological polar surface area (TPSA) is 93.2 Å². The van der Waals surface area contributed by atoms with E-state index in [4.69, 9.17) is 4.74 Å². The molecule has 0 fully saturated rings. The Bertz CT molecular complexity index is 736. The van der Waals surface area contributed by atoms with Crippen LogP contribution in [0.25, 0.3) is 0 Å². The van der Waals surface area contributed by atoms with Crippen molar-refractivity contribution in [1.29, 1.82) is 0 Å². The van der Waals surface area contributed by atoms with Crippen LogP contribution < -0.4 is 16.6 Å². The summed E-state index contributed by atoms with van der Waals surface area (Å²) in [6.07, 6.45) is -4.03. The number of methoxy groups -OCH3 is 1. The summed E-state index contributed by atoms with van der Waals surface area (Å²) in [7, 11) is 1.38. The van der Waals surface area contributed by atoms with Gasteiger partial charge in [-0.15, -0.1) is 0 Å². The van der Waals surface area contributed by atoms with Crippen molar-refractivity contribution in [3.8, 4) is 11.8 Å². The average molecular weight is 333 g/mol. The van der Waals surface area contributed by atoms with Crippen LogP contribution in [0, 0.1) is 11.8 Å². The van der Waals surface area contributed by atoms with Crippen LogP contribution in [0.15, 0.2) is 15.8 Å². The van der Waals surface area contributed by atoms with E-state index in [0.29, 0.717) is 6.42 Å². The number of rotatable bonds is 4. The molecule has 23 heavy (non-hydrogen) atoms. The van der Waals surface area contributed by atoms with Gasteiger partial charge in [-0.25, -0.2) is 4.79 Å². The van der Waals surface area contributed by atoms with Crippen LogP contribution in [0.1, 0.15) is 25.1 Å². The monoisotopic (exact) mass is 333 g/mol. The highest BCUT2D eigenvalue weighted by atomic mass is 19.4. The number of H-pyrrole nitrogens is 1. The Morgan fingerprint density at radius 2 is 2.13 bits per heavy atom. The minimum Gasteiger partial charge on any atom is -0.361 e. The third kappa shape index (κ3) is 5.00. The normalized spacial score (nSPS) is 12.2. The zero-order valence-electron chi connectivity index (χ0n) is 12.3. The van der Waals surface area contributed by atoms with Crippen molar-refractivity contribution in [2.45, 2.75) is 25.7 Å². The maximum atomic E-state index is 12.0. The van der Waals surface area contributed by atoms with Crippen molar-refractivity contribution >= 4 is 5.91 Å². The molecular formula is C13H14F3N3O4. The molecule has 1 heterocycles. The van der Waals surface area contributed by atoms with Crippen LogP contribution in [0.3, 0.4) is 0 Å². The third-order valence-electron chi connectivity index (χ3n) is 2.72. The molecule has 0 aliphatic heterocycles. The van der Waals surface area contributed by atoms with Gasteiger partial charge in [0, 0.05) is 13.3 Å². The van der Waals surface area contributed by atoms with Gasteiger partial charge in [-0.05, 0) is 6.42 Å². The number of alkyl halides is 3. The molecular weight excluding hydrogens is 319 g/mol. The number of halogens is 3. The van der Waals surface area contributed by atoms with Gasteiger partial charge in [0.2, 0.25) is 0 Å². The Kier molecular flexibility index (Phi) is 6.15. The molecule has 0 radical (unpaired) electrons. The molecule has 1 aromatic rings. The van der Waals surface area contributed by atoms with Gasteiger partial charge in [-0.2, -0.15) is 13.2 Å². The van der Waals surface area contributed by atoms with Crippen molar-refractivity contribution < 1.29 is 22.7 Å². The van der Waals surface area contributed by atoms with E-state index in [1.54, 1.807) is 12.2 Å². The summed E-state index contributed by atoms with van der Waals surface area (Å²) in [4.78, 5) is 35.9. The Hall–Kier alpha value is -2.54. The van der Waals surface area contributed by atoms with Crippen LogP contribution in [0.4, 0.5) is 13.2 Å². The van der Waals surface area contributed by atoms with Gasteiger partial charge in [0.25, 0.3) is 5.56 Å². The highest BCUT2D eigenvalue weighted by molar-refractivity contribution is 5.81. The largest absolute Gasteiger partial charge is 0.471 e. The van der Waals surface area contributed by atoms with Gasteiger partial charge in [-0.3, -0.25) is 19.1 Å². The molecule has 1 aromatic heterocycles. The summed E-state index contributed by atoms with van der Waals surface area (Å²) in [6.45, 7) is 1.15. The van der Waals surface area contributed by atoms with E-state index < -0.39 is 36.1 Å². The molecule has 0 spiro atoms. The number of amides is 1. The second kappa shape index (κ2) is 7.64. The van der Waals surface area contributed by atoms with Crippen molar-refractivity contribution in [2.24, 2.45) is 0 Å². The summed E-state index contributed by atoms with van der Waals surface area (Å²) < 4.78 is 42.1. The number of aromatic amines is 1. The van der Waals surface area contributed by atoms with E-state index in [9.17, 15) is 27.6 Å². The van der Waals surface area contributed by atoms with Crippen molar-refractivity contribution in [2.75, 3.05) is 13.7 Å². The highest BCUT2D eigenvalue weighted by Crippen LogP contribution is 2.13. The first-order valence-electron chi connectivity index (χ1n) is 6.42. The molecule has 1 unspecified atom stereocenters. The first-order valence-corrected chi connectivity index (χ1v) is 6.42. The zero-order chi connectivity index (χ0) is 17.6. The number of carbonyl (C=O) groups excluding carboxylic acids is 1. The molecule has 0 saturated heterocycles. The van der Waals surface area contributed by atoms with E-state index >= 15 is 0 Å². The van der Waals surface area contributed by atoms with E-state index in [1.165, 1.54) is 7.11 Å². The third-order valence-corrected chi connectivity index (χ3v) is 2.72. The molecule has 2 N–H and O–H groups in total. The SMILES string of the molecule is CCC(OC)n1cc(C#CCNC(=O)C(F)(F)F)c(=O)[nH]c1=O. The van der Waals surface area contributed by atoms with Crippen LogP contribution in [0.5, 0.6) is 0 Å². The molecule has 10 heteroatoms. The molecule has 0 aromatic carbocycles. The number of nitrogens with zero attached hydrogens (tertiary/aromatic N) is 1. The average Bonchev–Trinajstić information content (AvgIpc) is 2.47. The zero-order valence-corrected chi connectivity index (χ0v) is 12.3. The molecule has 0 saturated carbocycles. The summed E-state index contributed by atoms with van der Waals surface area (Å²) >= 11 is 0. The van der Waals surface area contributed by atoms with E-state index in [-0.39, 0.29) is 5.56 Å². The van der Waals surface area contributed by atoms with Crippen molar-refractivity contribution in [3.63, 3.8) is 0 Å². The Labute approximate surface area is 128 Å². The van der Waals surface area contributed by atoms with Crippen LogP contribution in [0.2, 0.25) is 0 Å². The number of aromatic nitrogens is 2. The van der Waals surface area contributed by atoms with E-state index in [0.717, 1.165) is 10.8 Å².